The normalized spacial score (nSPS) is 20.9. The van der Waals surface area contributed by atoms with Crippen molar-refractivity contribution >= 4 is 17.2 Å². The van der Waals surface area contributed by atoms with Gasteiger partial charge in [-0.1, -0.05) is 6.07 Å². The van der Waals surface area contributed by atoms with Crippen molar-refractivity contribution in [3.8, 4) is 0 Å². The zero-order valence-electron chi connectivity index (χ0n) is 12.3. The van der Waals surface area contributed by atoms with E-state index in [4.69, 9.17) is 4.74 Å². The number of ether oxygens (including phenoxy) is 1. The van der Waals surface area contributed by atoms with Crippen molar-refractivity contribution in [1.82, 2.24) is 10.2 Å². The topological polar surface area (TPSA) is 41.6 Å². The fourth-order valence-electron chi connectivity index (χ4n) is 2.48. The number of nitrogens with one attached hydrogen (secondary N) is 1. The number of carbonyl (C=O) groups excluding carboxylic acids is 1. The van der Waals surface area contributed by atoms with E-state index < -0.39 is 0 Å². The molecule has 112 valence electrons. The third-order valence-electron chi connectivity index (χ3n) is 3.67. The molecule has 2 atom stereocenters. The first-order valence-electron chi connectivity index (χ1n) is 7.25. The van der Waals surface area contributed by atoms with Crippen molar-refractivity contribution in [2.24, 2.45) is 0 Å². The number of nitrogens with zero attached hydrogens (tertiary/aromatic N) is 1. The third kappa shape index (κ3) is 4.58. The van der Waals surface area contributed by atoms with Gasteiger partial charge in [0.15, 0.2) is 0 Å². The minimum absolute atomic E-state index is 0.0975. The Morgan fingerprint density at radius 1 is 1.55 bits per heavy atom. The molecule has 1 aliphatic rings. The van der Waals surface area contributed by atoms with Gasteiger partial charge < -0.3 is 15.0 Å². The summed E-state index contributed by atoms with van der Waals surface area (Å²) in [7, 11) is 4.08. The second-order valence-electron chi connectivity index (χ2n) is 5.49. The Morgan fingerprint density at radius 3 is 3.00 bits per heavy atom. The molecule has 20 heavy (non-hydrogen) atoms. The summed E-state index contributed by atoms with van der Waals surface area (Å²) in [5.74, 6) is 0.0975. The van der Waals surface area contributed by atoms with Crippen molar-refractivity contribution in [1.29, 1.82) is 0 Å². The summed E-state index contributed by atoms with van der Waals surface area (Å²) in [6.07, 6.45) is 3.91. The lowest BCUT2D eigenvalue weighted by Crippen LogP contribution is -2.36. The molecule has 2 unspecified atom stereocenters. The monoisotopic (exact) mass is 296 g/mol. The first-order valence-corrected chi connectivity index (χ1v) is 8.13. The van der Waals surface area contributed by atoms with Gasteiger partial charge >= 0.3 is 0 Å². The van der Waals surface area contributed by atoms with E-state index in [-0.39, 0.29) is 18.1 Å². The summed E-state index contributed by atoms with van der Waals surface area (Å²) in [6, 6.07) is 4.41. The largest absolute Gasteiger partial charge is 0.378 e. The van der Waals surface area contributed by atoms with Crippen LogP contribution in [-0.4, -0.2) is 44.2 Å². The number of hydrogen-bond acceptors (Lipinski definition) is 4. The minimum atomic E-state index is 0.0975. The Balaban J connectivity index is 1.78. The van der Waals surface area contributed by atoms with Crippen LogP contribution in [0.15, 0.2) is 17.5 Å². The van der Waals surface area contributed by atoms with E-state index >= 15 is 0 Å². The summed E-state index contributed by atoms with van der Waals surface area (Å²) in [5, 5.41) is 5.12. The van der Waals surface area contributed by atoms with Crippen molar-refractivity contribution in [3.05, 3.63) is 22.4 Å². The van der Waals surface area contributed by atoms with Crippen LogP contribution in [0.2, 0.25) is 0 Å². The van der Waals surface area contributed by atoms with Gasteiger partial charge in [-0.2, -0.15) is 0 Å². The average molecular weight is 296 g/mol. The molecule has 0 bridgehead atoms. The molecule has 1 aromatic heterocycles. The van der Waals surface area contributed by atoms with E-state index in [0.29, 0.717) is 13.0 Å². The minimum Gasteiger partial charge on any atom is -0.378 e. The van der Waals surface area contributed by atoms with Crippen LogP contribution in [0.1, 0.15) is 36.6 Å². The van der Waals surface area contributed by atoms with Crippen LogP contribution >= 0.6 is 11.3 Å². The van der Waals surface area contributed by atoms with Crippen molar-refractivity contribution in [2.75, 3.05) is 27.2 Å². The summed E-state index contributed by atoms with van der Waals surface area (Å²) >= 11 is 1.73. The molecule has 5 heteroatoms. The maximum atomic E-state index is 12.0. The van der Waals surface area contributed by atoms with E-state index in [9.17, 15) is 4.79 Å². The standard InChI is InChI=1S/C15H24N2O2S/c1-17(2)13(14-7-5-9-20-14)11-16-15(18)10-12-6-3-4-8-19-12/h5,7,9,12-13H,3-4,6,8,10-11H2,1-2H3,(H,16,18). The molecule has 2 rings (SSSR count). The van der Waals surface area contributed by atoms with Crippen LogP contribution in [0.5, 0.6) is 0 Å². The Kier molecular flexibility index (Phi) is 6.01. The van der Waals surface area contributed by atoms with Crippen molar-refractivity contribution in [2.45, 2.75) is 37.8 Å². The molecule has 0 spiro atoms. The predicted octanol–water partition coefficient (Wildman–Crippen LogP) is 2.43. The van der Waals surface area contributed by atoms with E-state index in [1.807, 2.05) is 20.2 Å². The summed E-state index contributed by atoms with van der Waals surface area (Å²) < 4.78 is 5.61. The molecule has 0 aliphatic carbocycles. The third-order valence-corrected chi connectivity index (χ3v) is 4.65. The quantitative estimate of drug-likeness (QED) is 0.876. The lowest BCUT2D eigenvalue weighted by atomic mass is 10.1. The lowest BCUT2D eigenvalue weighted by Gasteiger charge is -2.25. The first-order chi connectivity index (χ1) is 9.66. The molecule has 1 aromatic rings. The van der Waals surface area contributed by atoms with Gasteiger partial charge in [-0.15, -0.1) is 11.3 Å². The zero-order chi connectivity index (χ0) is 14.4. The smallest absolute Gasteiger partial charge is 0.222 e. The second kappa shape index (κ2) is 7.76. The number of carbonyl (C=O) groups is 1. The van der Waals surface area contributed by atoms with Crippen LogP contribution in [0.3, 0.4) is 0 Å². The van der Waals surface area contributed by atoms with Gasteiger partial charge in [-0.25, -0.2) is 0 Å². The van der Waals surface area contributed by atoms with Crippen molar-refractivity contribution in [3.63, 3.8) is 0 Å². The van der Waals surface area contributed by atoms with E-state index in [0.717, 1.165) is 19.4 Å². The van der Waals surface area contributed by atoms with Gasteiger partial charge in [0.1, 0.15) is 0 Å². The van der Waals surface area contributed by atoms with Gasteiger partial charge in [0, 0.05) is 18.0 Å². The molecule has 0 saturated carbocycles. The van der Waals surface area contributed by atoms with Crippen molar-refractivity contribution < 1.29 is 9.53 Å². The van der Waals surface area contributed by atoms with Crippen LogP contribution in [0.25, 0.3) is 0 Å². The maximum absolute atomic E-state index is 12.0. The fraction of sp³-hybridized carbons (Fsp3) is 0.667. The highest BCUT2D eigenvalue weighted by atomic mass is 32.1. The van der Waals surface area contributed by atoms with Crippen LogP contribution in [0.4, 0.5) is 0 Å². The number of likely N-dealkylation sites (N-methyl/N-ethyl adjacent to an activating group) is 1. The Morgan fingerprint density at radius 2 is 2.40 bits per heavy atom. The molecule has 4 nitrogen and oxygen atoms in total. The van der Waals surface area contributed by atoms with Gasteiger partial charge in [0.2, 0.25) is 5.91 Å². The number of hydrogen-bond donors (Lipinski definition) is 1. The molecule has 2 heterocycles. The predicted molar refractivity (Wildman–Crippen MR) is 82.0 cm³/mol. The molecule has 1 amide bonds. The van der Waals surface area contributed by atoms with E-state index in [2.05, 4.69) is 21.7 Å². The Labute approximate surface area is 125 Å². The molecular formula is C15H24N2O2S. The number of amides is 1. The van der Waals surface area contributed by atoms with Crippen LogP contribution in [-0.2, 0) is 9.53 Å². The van der Waals surface area contributed by atoms with Gasteiger partial charge in [0.25, 0.3) is 0 Å². The Bertz CT molecular complexity index is 400. The Hall–Kier alpha value is -0.910. The summed E-state index contributed by atoms with van der Waals surface area (Å²) in [5.41, 5.74) is 0. The zero-order valence-corrected chi connectivity index (χ0v) is 13.1. The van der Waals surface area contributed by atoms with Gasteiger partial charge in [-0.05, 0) is 44.8 Å². The van der Waals surface area contributed by atoms with Gasteiger partial charge in [0.05, 0.1) is 18.6 Å². The maximum Gasteiger partial charge on any atom is 0.222 e. The van der Waals surface area contributed by atoms with Crippen LogP contribution in [0, 0.1) is 0 Å². The molecule has 0 aromatic carbocycles. The molecule has 0 radical (unpaired) electrons. The molecular weight excluding hydrogens is 272 g/mol. The first kappa shape index (κ1) is 15.5. The molecule has 1 N–H and O–H groups in total. The summed E-state index contributed by atoms with van der Waals surface area (Å²) in [6.45, 7) is 1.45. The highest BCUT2D eigenvalue weighted by molar-refractivity contribution is 7.10. The van der Waals surface area contributed by atoms with E-state index in [1.165, 1.54) is 11.3 Å². The fourth-order valence-corrected chi connectivity index (χ4v) is 3.40. The average Bonchev–Trinajstić information content (AvgIpc) is 2.93. The molecule has 1 saturated heterocycles. The lowest BCUT2D eigenvalue weighted by molar-refractivity contribution is -0.125. The molecule has 1 aliphatic heterocycles. The number of rotatable bonds is 6. The summed E-state index contributed by atoms with van der Waals surface area (Å²) in [4.78, 5) is 15.4. The van der Waals surface area contributed by atoms with Crippen LogP contribution < -0.4 is 5.32 Å². The van der Waals surface area contributed by atoms with Gasteiger partial charge in [-0.3, -0.25) is 4.79 Å². The number of thiophene rings is 1. The highest BCUT2D eigenvalue weighted by Gasteiger charge is 2.20. The highest BCUT2D eigenvalue weighted by Crippen LogP contribution is 2.22. The SMILES string of the molecule is CN(C)C(CNC(=O)CC1CCCCO1)c1cccs1. The van der Waals surface area contributed by atoms with E-state index in [1.54, 1.807) is 11.3 Å². The second-order valence-corrected chi connectivity index (χ2v) is 6.47. The molecule has 1 fully saturated rings.